The second-order valence-corrected chi connectivity index (χ2v) is 6.14. The van der Waals surface area contributed by atoms with E-state index in [0.29, 0.717) is 5.82 Å². The van der Waals surface area contributed by atoms with E-state index in [-0.39, 0.29) is 0 Å². The van der Waals surface area contributed by atoms with Crippen LogP contribution in [0.25, 0.3) is 11.4 Å². The average molecular weight is 332 g/mol. The molecule has 0 unspecified atom stereocenters. The zero-order valence-electron chi connectivity index (χ0n) is 11.6. The van der Waals surface area contributed by atoms with Gasteiger partial charge in [0, 0.05) is 5.56 Å². The first kappa shape index (κ1) is 13.6. The SMILES string of the molecule is CCCc1nc(-c2cccc(C3CC3)c2)nc(N)c1Br. The summed E-state index contributed by atoms with van der Waals surface area (Å²) in [5, 5.41) is 0. The molecule has 0 spiro atoms. The van der Waals surface area contributed by atoms with Crippen molar-refractivity contribution in [2.24, 2.45) is 0 Å². The summed E-state index contributed by atoms with van der Waals surface area (Å²) in [6.45, 7) is 2.14. The number of benzene rings is 1. The van der Waals surface area contributed by atoms with Crippen molar-refractivity contribution in [3.05, 3.63) is 40.0 Å². The van der Waals surface area contributed by atoms with Gasteiger partial charge in [0.2, 0.25) is 0 Å². The first-order chi connectivity index (χ1) is 9.69. The lowest BCUT2D eigenvalue weighted by molar-refractivity contribution is 0.870. The molecule has 0 amide bonds. The van der Waals surface area contributed by atoms with E-state index in [2.05, 4.69) is 57.1 Å². The first-order valence-corrected chi connectivity index (χ1v) is 7.90. The summed E-state index contributed by atoms with van der Waals surface area (Å²) in [5.74, 6) is 1.99. The molecule has 3 rings (SSSR count). The van der Waals surface area contributed by atoms with Crippen LogP contribution in [0.2, 0.25) is 0 Å². The van der Waals surface area contributed by atoms with Crippen LogP contribution in [-0.4, -0.2) is 9.97 Å². The molecule has 4 heteroatoms. The molecule has 1 aliphatic carbocycles. The van der Waals surface area contributed by atoms with E-state index in [1.807, 2.05) is 0 Å². The van der Waals surface area contributed by atoms with Crippen LogP contribution in [0.4, 0.5) is 5.82 Å². The molecule has 1 aromatic heterocycles. The van der Waals surface area contributed by atoms with Gasteiger partial charge < -0.3 is 5.73 Å². The van der Waals surface area contributed by atoms with Crippen LogP contribution in [0.15, 0.2) is 28.7 Å². The molecular formula is C16H18BrN3. The molecule has 0 radical (unpaired) electrons. The van der Waals surface area contributed by atoms with E-state index in [9.17, 15) is 0 Å². The fraction of sp³-hybridized carbons (Fsp3) is 0.375. The lowest BCUT2D eigenvalue weighted by atomic mass is 10.1. The van der Waals surface area contributed by atoms with E-state index in [1.54, 1.807) is 0 Å². The second-order valence-electron chi connectivity index (χ2n) is 5.34. The van der Waals surface area contributed by atoms with Crippen LogP contribution in [0.3, 0.4) is 0 Å². The summed E-state index contributed by atoms with van der Waals surface area (Å²) in [7, 11) is 0. The van der Waals surface area contributed by atoms with Gasteiger partial charge in [-0.15, -0.1) is 0 Å². The van der Waals surface area contributed by atoms with Crippen LogP contribution in [0.1, 0.15) is 43.4 Å². The van der Waals surface area contributed by atoms with Crippen molar-refractivity contribution in [2.45, 2.75) is 38.5 Å². The number of anilines is 1. The third-order valence-electron chi connectivity index (χ3n) is 3.63. The van der Waals surface area contributed by atoms with Gasteiger partial charge in [0.1, 0.15) is 5.82 Å². The van der Waals surface area contributed by atoms with Gasteiger partial charge in [-0.1, -0.05) is 31.5 Å². The molecule has 0 saturated heterocycles. The minimum absolute atomic E-state index is 0.523. The van der Waals surface area contributed by atoms with Gasteiger partial charge >= 0.3 is 0 Å². The maximum atomic E-state index is 6.00. The van der Waals surface area contributed by atoms with Gasteiger partial charge in [0.25, 0.3) is 0 Å². The Labute approximate surface area is 127 Å². The van der Waals surface area contributed by atoms with Gasteiger partial charge in [-0.3, -0.25) is 0 Å². The Morgan fingerprint density at radius 1 is 1.30 bits per heavy atom. The zero-order valence-corrected chi connectivity index (χ0v) is 13.2. The smallest absolute Gasteiger partial charge is 0.161 e. The van der Waals surface area contributed by atoms with Crippen molar-refractivity contribution in [3.63, 3.8) is 0 Å². The Hall–Kier alpha value is -1.42. The number of aromatic nitrogens is 2. The number of aryl methyl sites for hydroxylation is 1. The Morgan fingerprint density at radius 2 is 2.10 bits per heavy atom. The zero-order chi connectivity index (χ0) is 14.1. The summed E-state index contributed by atoms with van der Waals surface area (Å²) >= 11 is 3.49. The lowest BCUT2D eigenvalue weighted by Gasteiger charge is -2.09. The number of nitrogen functional groups attached to an aromatic ring is 1. The van der Waals surface area contributed by atoms with Gasteiger partial charge in [-0.2, -0.15) is 0 Å². The molecule has 1 heterocycles. The molecule has 3 nitrogen and oxygen atoms in total. The average Bonchev–Trinajstić information content (AvgIpc) is 3.28. The molecular weight excluding hydrogens is 314 g/mol. The van der Waals surface area contributed by atoms with E-state index in [4.69, 9.17) is 5.73 Å². The van der Waals surface area contributed by atoms with Crippen LogP contribution in [0, 0.1) is 0 Å². The molecule has 1 fully saturated rings. The highest BCUT2D eigenvalue weighted by atomic mass is 79.9. The van der Waals surface area contributed by atoms with Crippen LogP contribution < -0.4 is 5.73 Å². The maximum Gasteiger partial charge on any atom is 0.161 e. The van der Waals surface area contributed by atoms with Gasteiger partial charge in [0.15, 0.2) is 5.82 Å². The van der Waals surface area contributed by atoms with Crippen molar-refractivity contribution in [1.29, 1.82) is 0 Å². The summed E-state index contributed by atoms with van der Waals surface area (Å²) in [6.07, 6.45) is 4.54. The molecule has 2 N–H and O–H groups in total. The molecule has 1 aliphatic rings. The van der Waals surface area contributed by atoms with Crippen LogP contribution in [0.5, 0.6) is 0 Å². The molecule has 104 valence electrons. The van der Waals surface area contributed by atoms with Crippen LogP contribution >= 0.6 is 15.9 Å². The Balaban J connectivity index is 2.02. The molecule has 1 saturated carbocycles. The van der Waals surface area contributed by atoms with E-state index in [0.717, 1.165) is 40.3 Å². The Morgan fingerprint density at radius 3 is 2.80 bits per heavy atom. The van der Waals surface area contributed by atoms with Gasteiger partial charge in [-0.05, 0) is 52.7 Å². The van der Waals surface area contributed by atoms with Crippen molar-refractivity contribution >= 4 is 21.7 Å². The number of hydrogen-bond donors (Lipinski definition) is 1. The highest BCUT2D eigenvalue weighted by Gasteiger charge is 2.23. The van der Waals surface area contributed by atoms with Gasteiger partial charge in [0.05, 0.1) is 10.2 Å². The standard InChI is InChI=1S/C16H18BrN3/c1-2-4-13-14(17)15(18)20-16(19-13)12-6-3-5-11(9-12)10-7-8-10/h3,5-6,9-10H,2,4,7-8H2,1H3,(H2,18,19,20). The van der Waals surface area contributed by atoms with E-state index in [1.165, 1.54) is 18.4 Å². The third kappa shape index (κ3) is 2.70. The first-order valence-electron chi connectivity index (χ1n) is 7.11. The summed E-state index contributed by atoms with van der Waals surface area (Å²) < 4.78 is 0.835. The van der Waals surface area contributed by atoms with E-state index < -0.39 is 0 Å². The van der Waals surface area contributed by atoms with Crippen molar-refractivity contribution in [2.75, 3.05) is 5.73 Å². The molecule has 0 aliphatic heterocycles. The Bertz CT molecular complexity index is 636. The highest BCUT2D eigenvalue weighted by molar-refractivity contribution is 9.10. The number of hydrogen-bond acceptors (Lipinski definition) is 3. The second kappa shape index (κ2) is 5.52. The minimum Gasteiger partial charge on any atom is -0.383 e. The van der Waals surface area contributed by atoms with Crippen molar-refractivity contribution < 1.29 is 0 Å². The third-order valence-corrected chi connectivity index (χ3v) is 4.49. The van der Waals surface area contributed by atoms with Crippen molar-refractivity contribution in [3.8, 4) is 11.4 Å². The number of nitrogens with two attached hydrogens (primary N) is 1. The minimum atomic E-state index is 0.523. The normalized spacial score (nSPS) is 14.5. The predicted octanol–water partition coefficient (Wildman–Crippen LogP) is 4.32. The molecule has 1 aromatic carbocycles. The maximum absolute atomic E-state index is 6.00. The fourth-order valence-corrected chi connectivity index (χ4v) is 2.77. The highest BCUT2D eigenvalue weighted by Crippen LogP contribution is 2.41. The van der Waals surface area contributed by atoms with Gasteiger partial charge in [-0.25, -0.2) is 9.97 Å². The lowest BCUT2D eigenvalue weighted by Crippen LogP contribution is -2.03. The molecule has 0 atom stereocenters. The number of rotatable bonds is 4. The molecule has 2 aromatic rings. The molecule has 0 bridgehead atoms. The van der Waals surface area contributed by atoms with Crippen molar-refractivity contribution in [1.82, 2.24) is 9.97 Å². The number of nitrogens with zero attached hydrogens (tertiary/aromatic N) is 2. The quantitative estimate of drug-likeness (QED) is 0.907. The number of halogens is 1. The molecule has 20 heavy (non-hydrogen) atoms. The Kier molecular flexibility index (Phi) is 3.74. The van der Waals surface area contributed by atoms with Crippen LogP contribution in [-0.2, 0) is 6.42 Å². The monoisotopic (exact) mass is 331 g/mol. The van der Waals surface area contributed by atoms with E-state index >= 15 is 0 Å². The summed E-state index contributed by atoms with van der Waals surface area (Å²) in [6, 6.07) is 8.54. The fourth-order valence-electron chi connectivity index (χ4n) is 2.39. The predicted molar refractivity (Wildman–Crippen MR) is 85.6 cm³/mol. The summed E-state index contributed by atoms with van der Waals surface area (Å²) in [4.78, 5) is 9.10. The summed E-state index contributed by atoms with van der Waals surface area (Å²) in [5.41, 5.74) is 9.45. The topological polar surface area (TPSA) is 51.8 Å². The largest absolute Gasteiger partial charge is 0.383 e.